The van der Waals surface area contributed by atoms with Crippen LogP contribution < -0.4 is 5.32 Å². The maximum atomic E-state index is 10.8. The zero-order valence-electron chi connectivity index (χ0n) is 14.7. The molecule has 1 aromatic rings. The van der Waals surface area contributed by atoms with Gasteiger partial charge < -0.3 is 15.2 Å². The molecule has 0 amide bonds. The third-order valence-corrected chi connectivity index (χ3v) is 5.96. The minimum absolute atomic E-state index is 0.291. The lowest BCUT2D eigenvalue weighted by molar-refractivity contribution is -0.152. The quantitative estimate of drug-likeness (QED) is 0.844. The normalized spacial score (nSPS) is 29.2. The van der Waals surface area contributed by atoms with Crippen LogP contribution in [0.3, 0.4) is 0 Å². The van der Waals surface area contributed by atoms with E-state index >= 15 is 0 Å². The highest BCUT2D eigenvalue weighted by atomic mass is 16.5. The Morgan fingerprint density at radius 1 is 1.43 bits per heavy atom. The minimum Gasteiger partial charge on any atom is -0.384 e. The van der Waals surface area contributed by atoms with Crippen LogP contribution in [0.2, 0.25) is 0 Å². The average molecular weight is 321 g/mol. The first-order valence-corrected chi connectivity index (χ1v) is 9.04. The molecule has 23 heavy (non-hydrogen) atoms. The van der Waals surface area contributed by atoms with Gasteiger partial charge in [0.2, 0.25) is 0 Å². The fourth-order valence-electron chi connectivity index (χ4n) is 4.47. The van der Waals surface area contributed by atoms with Gasteiger partial charge in [0.1, 0.15) is 5.60 Å². The number of nitrogens with zero attached hydrogens (tertiary/aromatic N) is 2. The van der Waals surface area contributed by atoms with Crippen molar-refractivity contribution in [3.05, 3.63) is 18.0 Å². The van der Waals surface area contributed by atoms with E-state index in [1.54, 1.807) is 10.9 Å². The van der Waals surface area contributed by atoms with Crippen LogP contribution in [0.4, 0.5) is 0 Å². The second kappa shape index (κ2) is 6.54. The van der Waals surface area contributed by atoms with Crippen molar-refractivity contribution in [2.75, 3.05) is 13.2 Å². The molecule has 5 nitrogen and oxygen atoms in total. The molecule has 3 rings (SSSR count). The highest BCUT2D eigenvalue weighted by molar-refractivity contribution is 5.16. The molecule has 0 aliphatic heterocycles. The Kier molecular flexibility index (Phi) is 4.81. The fourth-order valence-corrected chi connectivity index (χ4v) is 4.47. The molecule has 2 aliphatic rings. The van der Waals surface area contributed by atoms with Crippen molar-refractivity contribution in [3.63, 3.8) is 0 Å². The fraction of sp³-hybridized carbons (Fsp3) is 0.833. The highest BCUT2D eigenvalue weighted by Crippen LogP contribution is 2.53. The van der Waals surface area contributed by atoms with Gasteiger partial charge in [-0.3, -0.25) is 4.68 Å². The topological polar surface area (TPSA) is 59.3 Å². The number of ether oxygens (including phenoxy) is 1. The van der Waals surface area contributed by atoms with E-state index in [4.69, 9.17) is 4.74 Å². The summed E-state index contributed by atoms with van der Waals surface area (Å²) in [5, 5.41) is 18.6. The van der Waals surface area contributed by atoms with Gasteiger partial charge in [0.25, 0.3) is 0 Å². The van der Waals surface area contributed by atoms with Crippen molar-refractivity contribution < 1.29 is 9.84 Å². The molecule has 0 aromatic carbocycles. The van der Waals surface area contributed by atoms with Gasteiger partial charge in [-0.05, 0) is 33.1 Å². The molecule has 2 saturated carbocycles. The van der Waals surface area contributed by atoms with Crippen LogP contribution in [-0.4, -0.2) is 40.2 Å². The van der Waals surface area contributed by atoms with E-state index in [0.717, 1.165) is 18.6 Å². The van der Waals surface area contributed by atoms with Gasteiger partial charge in [-0.2, -0.15) is 5.10 Å². The van der Waals surface area contributed by atoms with Gasteiger partial charge in [0.15, 0.2) is 0 Å². The van der Waals surface area contributed by atoms with E-state index in [2.05, 4.69) is 17.3 Å². The number of rotatable bonds is 6. The smallest absolute Gasteiger partial charge is 0.102 e. The van der Waals surface area contributed by atoms with Gasteiger partial charge in [0.05, 0.1) is 12.3 Å². The Balaban J connectivity index is 1.63. The lowest BCUT2D eigenvalue weighted by atomic mass is 9.55. The first kappa shape index (κ1) is 16.9. The van der Waals surface area contributed by atoms with Gasteiger partial charge in [0, 0.05) is 43.4 Å². The third-order valence-electron chi connectivity index (χ3n) is 5.96. The van der Waals surface area contributed by atoms with Gasteiger partial charge >= 0.3 is 0 Å². The average Bonchev–Trinajstić information content (AvgIpc) is 2.98. The minimum atomic E-state index is -0.888. The summed E-state index contributed by atoms with van der Waals surface area (Å²) in [6.45, 7) is 5.31. The summed E-state index contributed by atoms with van der Waals surface area (Å²) in [5.74, 6) is 0. The lowest BCUT2D eigenvalue weighted by Crippen LogP contribution is -2.65. The van der Waals surface area contributed by atoms with Crippen LogP contribution in [0.15, 0.2) is 12.4 Å². The summed E-state index contributed by atoms with van der Waals surface area (Å²) in [7, 11) is 1.88. The predicted molar refractivity (Wildman–Crippen MR) is 90.1 cm³/mol. The maximum absolute atomic E-state index is 10.8. The van der Waals surface area contributed by atoms with Gasteiger partial charge in [-0.1, -0.05) is 19.3 Å². The largest absolute Gasteiger partial charge is 0.384 e. The number of aromatic nitrogens is 2. The van der Waals surface area contributed by atoms with E-state index in [1.165, 1.54) is 32.1 Å². The van der Waals surface area contributed by atoms with Crippen molar-refractivity contribution in [2.45, 2.75) is 70.1 Å². The van der Waals surface area contributed by atoms with E-state index in [9.17, 15) is 5.11 Å². The van der Waals surface area contributed by atoms with Crippen LogP contribution in [-0.2, 0) is 17.4 Å². The molecule has 0 radical (unpaired) electrons. The van der Waals surface area contributed by atoms with Crippen molar-refractivity contribution >= 4 is 0 Å². The zero-order valence-corrected chi connectivity index (χ0v) is 14.7. The molecular formula is C18H31N3O2. The molecule has 3 atom stereocenters. The molecule has 1 aromatic heterocycles. The summed E-state index contributed by atoms with van der Waals surface area (Å²) < 4.78 is 7.74. The van der Waals surface area contributed by atoms with E-state index in [-0.39, 0.29) is 0 Å². The second-order valence-corrected chi connectivity index (χ2v) is 7.58. The number of hydrogen-bond donors (Lipinski definition) is 2. The first-order chi connectivity index (χ1) is 11.0. The molecule has 1 heterocycles. The molecule has 2 fully saturated rings. The molecule has 1 spiro atoms. The number of aliphatic hydroxyl groups is 1. The zero-order chi connectivity index (χ0) is 16.5. The van der Waals surface area contributed by atoms with E-state index < -0.39 is 5.60 Å². The van der Waals surface area contributed by atoms with Crippen molar-refractivity contribution in [1.82, 2.24) is 15.1 Å². The number of hydrogen-bond acceptors (Lipinski definition) is 4. The Morgan fingerprint density at radius 2 is 2.17 bits per heavy atom. The molecule has 130 valence electrons. The van der Waals surface area contributed by atoms with E-state index in [0.29, 0.717) is 24.1 Å². The van der Waals surface area contributed by atoms with Crippen LogP contribution in [0, 0.1) is 5.41 Å². The number of aryl methyl sites for hydroxylation is 1. The Labute approximate surface area is 139 Å². The summed E-state index contributed by atoms with van der Waals surface area (Å²) in [6.07, 6.45) is 11.6. The molecule has 5 heteroatoms. The lowest BCUT2D eigenvalue weighted by Gasteiger charge is -2.58. The van der Waals surface area contributed by atoms with Crippen LogP contribution in [0.1, 0.15) is 57.9 Å². The van der Waals surface area contributed by atoms with Crippen molar-refractivity contribution in [1.29, 1.82) is 0 Å². The van der Waals surface area contributed by atoms with Gasteiger partial charge in [-0.15, -0.1) is 0 Å². The van der Waals surface area contributed by atoms with Crippen LogP contribution in [0.5, 0.6) is 0 Å². The molecule has 2 N–H and O–H groups in total. The summed E-state index contributed by atoms with van der Waals surface area (Å²) >= 11 is 0. The Morgan fingerprint density at radius 3 is 2.78 bits per heavy atom. The van der Waals surface area contributed by atoms with Crippen molar-refractivity contribution in [2.24, 2.45) is 12.5 Å². The van der Waals surface area contributed by atoms with Crippen LogP contribution in [0.25, 0.3) is 0 Å². The molecule has 2 aliphatic carbocycles. The summed E-state index contributed by atoms with van der Waals surface area (Å²) in [6, 6.07) is 0.461. The summed E-state index contributed by atoms with van der Waals surface area (Å²) in [4.78, 5) is 0. The standard InChI is InChI=1S/C18H31N3O2/c1-4-23-16-10-15(18(16)8-6-5-7-9-18)19-13-17(2,22)14-11-20-21(3)12-14/h11-12,15-16,19,22H,4-10,13H2,1-3H3. The highest BCUT2D eigenvalue weighted by Gasteiger charge is 2.55. The molecule has 0 saturated heterocycles. The van der Waals surface area contributed by atoms with E-state index in [1.807, 2.05) is 20.2 Å². The van der Waals surface area contributed by atoms with Crippen molar-refractivity contribution in [3.8, 4) is 0 Å². The van der Waals surface area contributed by atoms with Gasteiger partial charge in [-0.25, -0.2) is 0 Å². The Hall–Kier alpha value is -0.910. The molecular weight excluding hydrogens is 290 g/mol. The maximum Gasteiger partial charge on any atom is 0.102 e. The summed E-state index contributed by atoms with van der Waals surface area (Å²) in [5.41, 5.74) is 0.269. The molecule has 3 unspecified atom stereocenters. The molecule has 0 bridgehead atoms. The monoisotopic (exact) mass is 321 g/mol. The Bertz CT molecular complexity index is 520. The third kappa shape index (κ3) is 3.19. The second-order valence-electron chi connectivity index (χ2n) is 7.58. The van der Waals surface area contributed by atoms with Crippen LogP contribution >= 0.6 is 0 Å². The first-order valence-electron chi connectivity index (χ1n) is 9.04. The predicted octanol–water partition coefficient (Wildman–Crippen LogP) is 2.35. The SMILES string of the molecule is CCOC1CC(NCC(C)(O)c2cnn(C)c2)C12CCCCC2. The number of nitrogens with one attached hydrogen (secondary N) is 1.